The molecule has 3 aliphatic rings. The van der Waals surface area contributed by atoms with Crippen molar-refractivity contribution in [3.63, 3.8) is 0 Å². The molecule has 0 radical (unpaired) electrons. The largest absolute Gasteiger partial charge is 0.462 e. The summed E-state index contributed by atoms with van der Waals surface area (Å²) in [5, 5.41) is 0. The van der Waals surface area contributed by atoms with E-state index in [1.807, 2.05) is 0 Å². The summed E-state index contributed by atoms with van der Waals surface area (Å²) in [6.07, 6.45) is 5.91. The quantitative estimate of drug-likeness (QED) is 0.525. The zero-order valence-corrected chi connectivity index (χ0v) is 12.7. The molecule has 19 heavy (non-hydrogen) atoms. The van der Waals surface area contributed by atoms with Crippen LogP contribution in [0.2, 0.25) is 0 Å². The molecule has 2 heteroatoms. The molecule has 0 N–H and O–H groups in total. The predicted octanol–water partition coefficient (Wildman–Crippen LogP) is 4.10. The first-order chi connectivity index (χ1) is 8.74. The van der Waals surface area contributed by atoms with Crippen molar-refractivity contribution < 1.29 is 9.53 Å². The van der Waals surface area contributed by atoms with Gasteiger partial charge >= 0.3 is 5.97 Å². The summed E-state index contributed by atoms with van der Waals surface area (Å²) in [5.74, 6) is 0.476. The van der Waals surface area contributed by atoms with Crippen molar-refractivity contribution in [1.82, 2.24) is 0 Å². The lowest BCUT2D eigenvalue weighted by molar-refractivity contribution is -0.160. The Morgan fingerprint density at radius 3 is 2.58 bits per heavy atom. The van der Waals surface area contributed by atoms with Crippen LogP contribution in [0.5, 0.6) is 0 Å². The first-order valence-electron chi connectivity index (χ1n) is 7.59. The molecule has 0 aromatic heterocycles. The molecule has 2 nitrogen and oxygen atoms in total. The third kappa shape index (κ3) is 1.35. The third-order valence-electron chi connectivity index (χ3n) is 7.25. The van der Waals surface area contributed by atoms with Crippen molar-refractivity contribution in [1.29, 1.82) is 0 Å². The van der Waals surface area contributed by atoms with Crippen LogP contribution in [0.1, 0.15) is 59.8 Å². The van der Waals surface area contributed by atoms with E-state index in [2.05, 4.69) is 27.4 Å². The van der Waals surface area contributed by atoms with Crippen LogP contribution >= 0.6 is 0 Å². The van der Waals surface area contributed by atoms with Gasteiger partial charge in [-0.15, -0.1) is 0 Å². The molecule has 0 saturated heterocycles. The van der Waals surface area contributed by atoms with Crippen molar-refractivity contribution in [3.8, 4) is 0 Å². The second kappa shape index (κ2) is 3.65. The first kappa shape index (κ1) is 13.2. The average molecular weight is 262 g/mol. The Kier molecular flexibility index (Phi) is 2.54. The topological polar surface area (TPSA) is 26.3 Å². The Morgan fingerprint density at radius 2 is 1.95 bits per heavy atom. The van der Waals surface area contributed by atoms with Gasteiger partial charge in [-0.05, 0) is 36.0 Å². The molecular weight excluding hydrogens is 236 g/mol. The number of fused-ring (bicyclic) bond motifs is 5. The molecule has 0 aliphatic heterocycles. The summed E-state index contributed by atoms with van der Waals surface area (Å²) < 4.78 is 5.71. The highest BCUT2D eigenvalue weighted by Crippen LogP contribution is 2.77. The minimum atomic E-state index is -0.146. The maximum atomic E-state index is 11.5. The lowest BCUT2D eigenvalue weighted by atomic mass is 9.58. The molecule has 3 aliphatic carbocycles. The van der Waals surface area contributed by atoms with Crippen LogP contribution in [0.3, 0.4) is 0 Å². The minimum absolute atomic E-state index is 0.0266. The van der Waals surface area contributed by atoms with E-state index in [4.69, 9.17) is 4.74 Å². The third-order valence-corrected chi connectivity index (χ3v) is 7.25. The van der Waals surface area contributed by atoms with Gasteiger partial charge in [0.2, 0.25) is 0 Å². The fourth-order valence-corrected chi connectivity index (χ4v) is 5.80. The van der Waals surface area contributed by atoms with E-state index >= 15 is 0 Å². The van der Waals surface area contributed by atoms with Gasteiger partial charge < -0.3 is 4.74 Å². The van der Waals surface area contributed by atoms with Crippen LogP contribution in [0.25, 0.3) is 0 Å². The number of ether oxygens (including phenoxy) is 1. The molecule has 3 fully saturated rings. The molecule has 0 aromatic carbocycles. The van der Waals surface area contributed by atoms with Crippen LogP contribution < -0.4 is 0 Å². The minimum Gasteiger partial charge on any atom is -0.462 e. The predicted molar refractivity (Wildman–Crippen MR) is 75.6 cm³/mol. The lowest BCUT2D eigenvalue weighted by Crippen LogP contribution is -2.47. The molecule has 3 rings (SSSR count). The maximum Gasteiger partial charge on any atom is 0.302 e. The standard InChI is InChI=1S/C17H26O2/c1-11-9-14(19-12(2)18)16(4)10-13(11)15(3)7-6-8-17(15,16)5/h13-14H,1,6-10H2,2-5H3/t13?,14-,15-,16-,17-/m0/s1. The van der Waals surface area contributed by atoms with Gasteiger partial charge in [0.15, 0.2) is 0 Å². The molecule has 0 amide bonds. The van der Waals surface area contributed by atoms with Crippen LogP contribution in [0.15, 0.2) is 12.2 Å². The van der Waals surface area contributed by atoms with E-state index in [1.165, 1.54) is 31.8 Å². The Morgan fingerprint density at radius 1 is 1.26 bits per heavy atom. The van der Waals surface area contributed by atoms with Gasteiger partial charge in [0.25, 0.3) is 0 Å². The average Bonchev–Trinajstić information content (AvgIpc) is 2.67. The second-order valence-corrected chi connectivity index (χ2v) is 7.74. The summed E-state index contributed by atoms with van der Waals surface area (Å²) >= 11 is 0. The monoisotopic (exact) mass is 262 g/mol. The normalized spacial score (nSPS) is 52.1. The zero-order valence-electron chi connectivity index (χ0n) is 12.7. The molecule has 2 bridgehead atoms. The molecular formula is C17H26O2. The van der Waals surface area contributed by atoms with E-state index in [0.29, 0.717) is 11.3 Å². The highest BCUT2D eigenvalue weighted by Gasteiger charge is 2.71. The maximum absolute atomic E-state index is 11.5. The highest BCUT2D eigenvalue weighted by molar-refractivity contribution is 5.66. The smallest absolute Gasteiger partial charge is 0.302 e. The van der Waals surface area contributed by atoms with Crippen molar-refractivity contribution in [3.05, 3.63) is 12.2 Å². The number of hydrogen-bond acceptors (Lipinski definition) is 2. The van der Waals surface area contributed by atoms with Crippen molar-refractivity contribution in [2.45, 2.75) is 65.9 Å². The van der Waals surface area contributed by atoms with Gasteiger partial charge in [-0.2, -0.15) is 0 Å². The van der Waals surface area contributed by atoms with Gasteiger partial charge in [-0.25, -0.2) is 0 Å². The first-order valence-corrected chi connectivity index (χ1v) is 7.59. The van der Waals surface area contributed by atoms with Gasteiger partial charge in [-0.3, -0.25) is 4.79 Å². The van der Waals surface area contributed by atoms with Crippen molar-refractivity contribution in [2.24, 2.45) is 22.2 Å². The zero-order chi connectivity index (χ0) is 14.1. The number of rotatable bonds is 1. The number of esters is 1. The van der Waals surface area contributed by atoms with E-state index in [-0.39, 0.29) is 22.9 Å². The van der Waals surface area contributed by atoms with Gasteiger partial charge in [0.05, 0.1) is 0 Å². The van der Waals surface area contributed by atoms with Crippen LogP contribution in [0, 0.1) is 22.2 Å². The summed E-state index contributed by atoms with van der Waals surface area (Å²) in [6, 6.07) is 0. The SMILES string of the molecule is C=C1C[C@H](OC(C)=O)[C@]2(C)CC1[C@]1(C)CCC[C@@]12C. The Bertz CT molecular complexity index is 454. The van der Waals surface area contributed by atoms with Crippen LogP contribution in [-0.2, 0) is 9.53 Å². The van der Waals surface area contributed by atoms with Gasteiger partial charge in [0.1, 0.15) is 6.10 Å². The van der Waals surface area contributed by atoms with Crippen LogP contribution in [-0.4, -0.2) is 12.1 Å². The van der Waals surface area contributed by atoms with Crippen molar-refractivity contribution >= 4 is 5.97 Å². The van der Waals surface area contributed by atoms with Crippen molar-refractivity contribution in [2.75, 3.05) is 0 Å². The fourth-order valence-electron chi connectivity index (χ4n) is 5.80. The van der Waals surface area contributed by atoms with E-state index < -0.39 is 0 Å². The molecule has 1 unspecified atom stereocenters. The molecule has 0 spiro atoms. The van der Waals surface area contributed by atoms with E-state index in [9.17, 15) is 4.79 Å². The van der Waals surface area contributed by atoms with Gasteiger partial charge in [0, 0.05) is 18.8 Å². The molecule has 5 atom stereocenters. The summed E-state index contributed by atoms with van der Waals surface area (Å²) in [5.41, 5.74) is 2.07. The lowest BCUT2D eigenvalue weighted by Gasteiger charge is -2.48. The second-order valence-electron chi connectivity index (χ2n) is 7.74. The van der Waals surface area contributed by atoms with Gasteiger partial charge in [-0.1, -0.05) is 39.3 Å². The molecule has 106 valence electrons. The van der Waals surface area contributed by atoms with E-state index in [1.54, 1.807) is 0 Å². The Labute approximate surface area is 116 Å². The Balaban J connectivity index is 2.08. The highest BCUT2D eigenvalue weighted by atomic mass is 16.5. The number of hydrogen-bond donors (Lipinski definition) is 0. The molecule has 0 heterocycles. The number of carbonyl (C=O) groups is 1. The number of carbonyl (C=O) groups excluding carboxylic acids is 1. The summed E-state index contributed by atoms with van der Waals surface area (Å²) in [7, 11) is 0. The van der Waals surface area contributed by atoms with Crippen LogP contribution in [0.4, 0.5) is 0 Å². The summed E-state index contributed by atoms with van der Waals surface area (Å²) in [6.45, 7) is 13.1. The Hall–Kier alpha value is -0.790. The van der Waals surface area contributed by atoms with E-state index in [0.717, 1.165) is 12.8 Å². The molecule has 0 aromatic rings. The molecule has 3 saturated carbocycles. The fraction of sp³-hybridized carbons (Fsp3) is 0.824. The summed E-state index contributed by atoms with van der Waals surface area (Å²) in [4.78, 5) is 11.5.